The number of aromatic nitrogens is 1. The minimum atomic E-state index is 0.792. The van der Waals surface area contributed by atoms with E-state index < -0.39 is 0 Å². The maximum atomic E-state index is 3.41. The fraction of sp³-hybridized carbons (Fsp3) is 0.304. The van der Waals surface area contributed by atoms with Gasteiger partial charge in [-0.1, -0.05) is 48.5 Å². The fourth-order valence-electron chi connectivity index (χ4n) is 4.60. The van der Waals surface area contributed by atoms with Crippen LogP contribution >= 0.6 is 0 Å². The number of rotatable bonds is 3. The molecule has 2 aliphatic rings. The third-order valence-electron chi connectivity index (χ3n) is 5.88. The Balaban J connectivity index is 1.27. The third-order valence-corrected chi connectivity index (χ3v) is 5.88. The zero-order valence-electron chi connectivity index (χ0n) is 14.5. The Morgan fingerprint density at radius 3 is 2.48 bits per heavy atom. The van der Waals surface area contributed by atoms with Gasteiger partial charge in [-0.2, -0.15) is 0 Å². The number of para-hydroxylation sites is 1. The van der Waals surface area contributed by atoms with Gasteiger partial charge in [0.05, 0.1) is 0 Å². The van der Waals surface area contributed by atoms with Crippen molar-refractivity contribution in [1.82, 2.24) is 9.88 Å². The van der Waals surface area contributed by atoms with E-state index in [0.717, 1.165) is 18.9 Å². The van der Waals surface area contributed by atoms with Crippen LogP contribution in [0.3, 0.4) is 0 Å². The minimum absolute atomic E-state index is 0.792. The predicted octanol–water partition coefficient (Wildman–Crippen LogP) is 4.67. The third kappa shape index (κ3) is 2.81. The van der Waals surface area contributed by atoms with Crippen LogP contribution in [-0.4, -0.2) is 29.5 Å². The number of benzene rings is 2. The topological polar surface area (TPSA) is 19.0 Å². The number of fused-ring (bicyclic) bond motifs is 2. The highest BCUT2D eigenvalue weighted by atomic mass is 15.1. The van der Waals surface area contributed by atoms with E-state index in [1.807, 2.05) is 0 Å². The van der Waals surface area contributed by atoms with E-state index in [-0.39, 0.29) is 0 Å². The van der Waals surface area contributed by atoms with Crippen molar-refractivity contribution in [3.05, 3.63) is 77.5 Å². The van der Waals surface area contributed by atoms with Crippen LogP contribution in [0.2, 0.25) is 0 Å². The van der Waals surface area contributed by atoms with Gasteiger partial charge in [-0.15, -0.1) is 0 Å². The van der Waals surface area contributed by atoms with Gasteiger partial charge in [-0.25, -0.2) is 0 Å². The van der Waals surface area contributed by atoms with E-state index in [1.165, 1.54) is 48.0 Å². The van der Waals surface area contributed by atoms with Gasteiger partial charge in [0.15, 0.2) is 0 Å². The molecule has 0 atom stereocenters. The van der Waals surface area contributed by atoms with E-state index in [0.29, 0.717) is 0 Å². The molecule has 126 valence electrons. The summed E-state index contributed by atoms with van der Waals surface area (Å²) >= 11 is 0. The van der Waals surface area contributed by atoms with Crippen LogP contribution in [0.1, 0.15) is 23.1 Å². The molecule has 2 heterocycles. The van der Waals surface area contributed by atoms with Crippen LogP contribution in [0.4, 0.5) is 0 Å². The summed E-state index contributed by atoms with van der Waals surface area (Å²) in [6.07, 6.45) is 8.29. The molecule has 2 aromatic carbocycles. The number of H-pyrrole nitrogens is 1. The quantitative estimate of drug-likeness (QED) is 0.740. The Morgan fingerprint density at radius 1 is 0.960 bits per heavy atom. The van der Waals surface area contributed by atoms with Gasteiger partial charge in [0.25, 0.3) is 0 Å². The molecule has 1 N–H and O–H groups in total. The Kier molecular flexibility index (Phi) is 3.71. The van der Waals surface area contributed by atoms with E-state index in [2.05, 4.69) is 70.7 Å². The van der Waals surface area contributed by atoms with Gasteiger partial charge in [-0.05, 0) is 47.9 Å². The first-order valence-corrected chi connectivity index (χ1v) is 9.41. The number of hydrogen-bond acceptors (Lipinski definition) is 1. The summed E-state index contributed by atoms with van der Waals surface area (Å²) in [4.78, 5) is 6.04. The monoisotopic (exact) mass is 328 g/mol. The SMILES string of the molecule is C1=C(c2c[nH]c3ccccc23)CCN(CC2Cc3ccccc3C2)C1. The zero-order valence-corrected chi connectivity index (χ0v) is 14.5. The second kappa shape index (κ2) is 6.20. The minimum Gasteiger partial charge on any atom is -0.361 e. The summed E-state index contributed by atoms with van der Waals surface area (Å²) in [5.41, 5.74) is 7.27. The summed E-state index contributed by atoms with van der Waals surface area (Å²) in [6, 6.07) is 17.6. The van der Waals surface area contributed by atoms with Gasteiger partial charge in [0.1, 0.15) is 0 Å². The Morgan fingerprint density at radius 2 is 1.72 bits per heavy atom. The number of nitrogens with one attached hydrogen (secondary N) is 1. The molecular weight excluding hydrogens is 304 g/mol. The molecule has 25 heavy (non-hydrogen) atoms. The number of nitrogens with zero attached hydrogens (tertiary/aromatic N) is 1. The fourth-order valence-corrected chi connectivity index (χ4v) is 4.60. The van der Waals surface area contributed by atoms with E-state index in [9.17, 15) is 0 Å². The van der Waals surface area contributed by atoms with Crippen molar-refractivity contribution in [2.75, 3.05) is 19.6 Å². The average Bonchev–Trinajstić information content (AvgIpc) is 3.26. The van der Waals surface area contributed by atoms with Crippen molar-refractivity contribution in [2.45, 2.75) is 19.3 Å². The molecule has 0 radical (unpaired) electrons. The van der Waals surface area contributed by atoms with Gasteiger partial charge in [0.2, 0.25) is 0 Å². The van der Waals surface area contributed by atoms with Crippen LogP contribution in [0.25, 0.3) is 16.5 Å². The largest absolute Gasteiger partial charge is 0.361 e. The zero-order chi connectivity index (χ0) is 16.6. The standard InChI is InChI=1S/C23H24N2/c1-2-6-20-14-17(13-19(20)5-1)16-25-11-9-18(10-12-25)22-15-24-23-8-4-3-7-21(22)23/h1-9,15,17,24H,10-14,16H2. The molecule has 2 heteroatoms. The van der Waals surface area contributed by atoms with Crippen molar-refractivity contribution in [3.8, 4) is 0 Å². The maximum absolute atomic E-state index is 3.41. The highest BCUT2D eigenvalue weighted by Crippen LogP contribution is 2.31. The lowest BCUT2D eigenvalue weighted by Gasteiger charge is -2.28. The predicted molar refractivity (Wildman–Crippen MR) is 105 cm³/mol. The first-order chi connectivity index (χ1) is 12.4. The van der Waals surface area contributed by atoms with Crippen LogP contribution in [0.15, 0.2) is 60.8 Å². The van der Waals surface area contributed by atoms with Gasteiger partial charge >= 0.3 is 0 Å². The van der Waals surface area contributed by atoms with E-state index >= 15 is 0 Å². The second-order valence-electron chi connectivity index (χ2n) is 7.53. The molecule has 3 aromatic rings. The first-order valence-electron chi connectivity index (χ1n) is 9.41. The van der Waals surface area contributed by atoms with Gasteiger partial charge < -0.3 is 4.98 Å². The number of aromatic amines is 1. The highest BCUT2D eigenvalue weighted by molar-refractivity contribution is 5.92. The molecule has 1 aromatic heterocycles. The van der Waals surface area contributed by atoms with Crippen molar-refractivity contribution in [2.24, 2.45) is 5.92 Å². The lowest BCUT2D eigenvalue weighted by Crippen LogP contribution is -2.33. The smallest absolute Gasteiger partial charge is 0.0460 e. The van der Waals surface area contributed by atoms with E-state index in [1.54, 1.807) is 11.1 Å². The highest BCUT2D eigenvalue weighted by Gasteiger charge is 2.24. The maximum Gasteiger partial charge on any atom is 0.0460 e. The average molecular weight is 328 g/mol. The molecule has 0 bridgehead atoms. The molecule has 1 aliphatic carbocycles. The molecule has 0 saturated heterocycles. The van der Waals surface area contributed by atoms with Crippen LogP contribution < -0.4 is 0 Å². The van der Waals surface area contributed by atoms with Crippen LogP contribution in [0.5, 0.6) is 0 Å². The molecule has 5 rings (SSSR count). The summed E-state index contributed by atoms with van der Waals surface area (Å²) in [5, 5.41) is 1.36. The summed E-state index contributed by atoms with van der Waals surface area (Å²) in [6.45, 7) is 3.49. The van der Waals surface area contributed by atoms with Gasteiger partial charge in [0, 0.05) is 42.3 Å². The van der Waals surface area contributed by atoms with Crippen LogP contribution in [0, 0.1) is 5.92 Å². The molecule has 0 unspecified atom stereocenters. The number of hydrogen-bond donors (Lipinski definition) is 1. The normalized spacial score (nSPS) is 18.5. The molecule has 0 amide bonds. The molecule has 0 spiro atoms. The second-order valence-corrected chi connectivity index (χ2v) is 7.53. The Hall–Kier alpha value is -2.32. The molecule has 1 aliphatic heterocycles. The Bertz CT molecular complexity index is 909. The summed E-state index contributed by atoms with van der Waals surface area (Å²) in [7, 11) is 0. The summed E-state index contributed by atoms with van der Waals surface area (Å²) < 4.78 is 0. The lowest BCUT2D eigenvalue weighted by atomic mass is 9.97. The van der Waals surface area contributed by atoms with Gasteiger partial charge in [-0.3, -0.25) is 4.90 Å². The molecule has 2 nitrogen and oxygen atoms in total. The molecule has 0 fully saturated rings. The van der Waals surface area contributed by atoms with Crippen molar-refractivity contribution >= 4 is 16.5 Å². The first kappa shape index (κ1) is 15.0. The van der Waals surface area contributed by atoms with E-state index in [4.69, 9.17) is 0 Å². The Labute approximate surface area is 149 Å². The summed E-state index contributed by atoms with van der Waals surface area (Å²) in [5.74, 6) is 0.792. The van der Waals surface area contributed by atoms with Crippen molar-refractivity contribution < 1.29 is 0 Å². The van der Waals surface area contributed by atoms with Crippen molar-refractivity contribution in [3.63, 3.8) is 0 Å². The molecular formula is C23H24N2. The lowest BCUT2D eigenvalue weighted by molar-refractivity contribution is 0.255. The van der Waals surface area contributed by atoms with Crippen LogP contribution in [-0.2, 0) is 12.8 Å². The van der Waals surface area contributed by atoms with Crippen molar-refractivity contribution in [1.29, 1.82) is 0 Å². The molecule has 0 saturated carbocycles.